The van der Waals surface area contributed by atoms with Gasteiger partial charge in [-0.3, -0.25) is 5.10 Å². The first-order valence-corrected chi connectivity index (χ1v) is 4.19. The van der Waals surface area contributed by atoms with Gasteiger partial charge in [-0.2, -0.15) is 5.10 Å². The van der Waals surface area contributed by atoms with Crippen molar-refractivity contribution in [2.45, 2.75) is 0 Å². The monoisotopic (exact) mass is 203 g/mol. The number of rotatable bonds is 2. The van der Waals surface area contributed by atoms with E-state index in [2.05, 4.69) is 25.4 Å². The molecule has 0 aliphatic rings. The van der Waals surface area contributed by atoms with Crippen LogP contribution in [0.15, 0.2) is 34.6 Å². The Morgan fingerprint density at radius 1 is 1.20 bits per heavy atom. The summed E-state index contributed by atoms with van der Waals surface area (Å²) in [7, 11) is 0. The maximum Gasteiger partial charge on any atom is 0.175 e. The van der Waals surface area contributed by atoms with Crippen molar-refractivity contribution in [1.82, 2.24) is 15.2 Å². The van der Waals surface area contributed by atoms with Gasteiger partial charge in [-0.05, 0) is 12.1 Å². The number of aromatic nitrogens is 3. The molecule has 0 amide bonds. The third-order valence-corrected chi connectivity index (χ3v) is 1.70. The number of hydrogen-bond donors (Lipinski definition) is 3. The first kappa shape index (κ1) is 9.13. The van der Waals surface area contributed by atoms with Crippen LogP contribution < -0.4 is 11.5 Å². The Hall–Kier alpha value is -2.44. The molecule has 0 unspecified atom stereocenters. The van der Waals surface area contributed by atoms with Crippen LogP contribution in [0.1, 0.15) is 0 Å². The predicted octanol–water partition coefficient (Wildman–Crippen LogP) is 1.38. The average molecular weight is 203 g/mol. The summed E-state index contributed by atoms with van der Waals surface area (Å²) in [5, 5.41) is 13.9. The molecule has 0 atom stereocenters. The van der Waals surface area contributed by atoms with Crippen molar-refractivity contribution in [3.8, 4) is 0 Å². The van der Waals surface area contributed by atoms with Crippen LogP contribution in [0.25, 0.3) is 0 Å². The number of nitrogens with one attached hydrogen (secondary N) is 1. The van der Waals surface area contributed by atoms with Crippen LogP contribution in [0.5, 0.6) is 0 Å². The van der Waals surface area contributed by atoms with Gasteiger partial charge in [0.1, 0.15) is 5.82 Å². The first-order valence-electron chi connectivity index (χ1n) is 4.19. The van der Waals surface area contributed by atoms with Gasteiger partial charge >= 0.3 is 0 Å². The summed E-state index contributed by atoms with van der Waals surface area (Å²) < 4.78 is 0. The zero-order valence-corrected chi connectivity index (χ0v) is 7.75. The van der Waals surface area contributed by atoms with Gasteiger partial charge in [0.15, 0.2) is 17.3 Å². The van der Waals surface area contributed by atoms with Gasteiger partial charge in [0, 0.05) is 6.20 Å². The number of aromatic amines is 1. The first-order chi connectivity index (χ1) is 7.27. The highest BCUT2D eigenvalue weighted by Gasteiger charge is 2.05. The molecule has 0 aromatic carbocycles. The minimum Gasteiger partial charge on any atom is -0.382 e. The van der Waals surface area contributed by atoms with E-state index in [9.17, 15) is 0 Å². The van der Waals surface area contributed by atoms with E-state index in [-0.39, 0.29) is 11.6 Å². The van der Waals surface area contributed by atoms with E-state index in [0.717, 1.165) is 0 Å². The number of pyridine rings is 1. The molecule has 5 N–H and O–H groups in total. The molecule has 76 valence electrons. The van der Waals surface area contributed by atoms with E-state index in [1.165, 1.54) is 0 Å². The summed E-state index contributed by atoms with van der Waals surface area (Å²) in [6.07, 6.45) is 1.62. The molecule has 0 saturated heterocycles. The third kappa shape index (κ3) is 1.90. The second kappa shape index (κ2) is 3.74. The Labute approximate surface area is 85.2 Å². The lowest BCUT2D eigenvalue weighted by atomic mass is 10.5. The molecule has 0 bridgehead atoms. The zero-order chi connectivity index (χ0) is 10.7. The van der Waals surface area contributed by atoms with E-state index in [1.54, 1.807) is 18.3 Å². The molecule has 0 fully saturated rings. The number of H-pyrrole nitrogens is 1. The molecule has 2 heterocycles. The van der Waals surface area contributed by atoms with Crippen molar-refractivity contribution < 1.29 is 0 Å². The number of hydrogen-bond acceptors (Lipinski definition) is 6. The summed E-state index contributed by atoms with van der Waals surface area (Å²) in [4.78, 5) is 3.96. The van der Waals surface area contributed by atoms with E-state index in [1.807, 2.05) is 6.07 Å². The summed E-state index contributed by atoms with van der Waals surface area (Å²) in [6, 6.07) is 5.32. The van der Waals surface area contributed by atoms with Crippen LogP contribution in [0, 0.1) is 0 Å². The lowest BCUT2D eigenvalue weighted by molar-refractivity contribution is 1.11. The van der Waals surface area contributed by atoms with Crippen molar-refractivity contribution in [2.24, 2.45) is 10.2 Å². The van der Waals surface area contributed by atoms with E-state index >= 15 is 0 Å². The molecule has 0 radical (unpaired) electrons. The number of nitrogens with two attached hydrogens (primary N) is 2. The molecular formula is C8H9N7. The summed E-state index contributed by atoms with van der Waals surface area (Å²) in [6.45, 7) is 0. The Morgan fingerprint density at radius 2 is 2.07 bits per heavy atom. The standard InChI is InChI=1S/C8H9N7/c9-7-6(8(10)15-14-7)13-12-5-3-1-2-4-11-5/h1-4H,(H5,9,10,14,15). The smallest absolute Gasteiger partial charge is 0.175 e. The fourth-order valence-corrected chi connectivity index (χ4v) is 0.984. The van der Waals surface area contributed by atoms with Crippen LogP contribution in [0.2, 0.25) is 0 Å². The van der Waals surface area contributed by atoms with E-state index in [4.69, 9.17) is 11.5 Å². The molecule has 2 aromatic heterocycles. The molecule has 15 heavy (non-hydrogen) atoms. The Kier molecular flexibility index (Phi) is 2.28. The van der Waals surface area contributed by atoms with Crippen LogP contribution in [0.3, 0.4) is 0 Å². The summed E-state index contributed by atoms with van der Waals surface area (Å²) in [5.41, 5.74) is 11.4. The molecule has 0 spiro atoms. The highest BCUT2D eigenvalue weighted by atomic mass is 15.2. The summed E-state index contributed by atoms with van der Waals surface area (Å²) >= 11 is 0. The Morgan fingerprint density at radius 3 is 2.67 bits per heavy atom. The third-order valence-electron chi connectivity index (χ3n) is 1.70. The van der Waals surface area contributed by atoms with E-state index < -0.39 is 0 Å². The maximum atomic E-state index is 5.53. The van der Waals surface area contributed by atoms with Crippen LogP contribution in [-0.4, -0.2) is 15.2 Å². The van der Waals surface area contributed by atoms with Gasteiger partial charge in [-0.25, -0.2) is 4.98 Å². The van der Waals surface area contributed by atoms with Gasteiger partial charge in [-0.1, -0.05) is 6.07 Å². The Bertz CT molecular complexity index is 453. The number of nitrogens with zero attached hydrogens (tertiary/aromatic N) is 4. The van der Waals surface area contributed by atoms with Crippen LogP contribution in [-0.2, 0) is 0 Å². The minimum atomic E-state index is 0.215. The molecule has 2 aromatic rings. The van der Waals surface area contributed by atoms with Crippen LogP contribution >= 0.6 is 0 Å². The van der Waals surface area contributed by atoms with Crippen LogP contribution in [0.4, 0.5) is 23.1 Å². The van der Waals surface area contributed by atoms with Gasteiger partial charge in [-0.15, -0.1) is 10.2 Å². The van der Waals surface area contributed by atoms with Crippen molar-refractivity contribution >= 4 is 23.1 Å². The lowest BCUT2D eigenvalue weighted by Crippen LogP contribution is -1.84. The van der Waals surface area contributed by atoms with Gasteiger partial charge in [0.05, 0.1) is 0 Å². The fraction of sp³-hybridized carbons (Fsp3) is 0. The highest BCUT2D eigenvalue weighted by molar-refractivity contribution is 5.70. The predicted molar refractivity (Wildman–Crippen MR) is 55.8 cm³/mol. The molecular weight excluding hydrogens is 194 g/mol. The minimum absolute atomic E-state index is 0.215. The second-order valence-electron chi connectivity index (χ2n) is 2.76. The topological polar surface area (TPSA) is 118 Å². The normalized spacial score (nSPS) is 10.9. The van der Waals surface area contributed by atoms with Crippen molar-refractivity contribution in [2.75, 3.05) is 11.5 Å². The second-order valence-corrected chi connectivity index (χ2v) is 2.76. The molecule has 0 aliphatic carbocycles. The molecule has 0 aliphatic heterocycles. The largest absolute Gasteiger partial charge is 0.382 e. The van der Waals surface area contributed by atoms with Crippen molar-refractivity contribution in [3.63, 3.8) is 0 Å². The highest BCUT2D eigenvalue weighted by Crippen LogP contribution is 2.27. The van der Waals surface area contributed by atoms with E-state index in [0.29, 0.717) is 11.5 Å². The van der Waals surface area contributed by atoms with Gasteiger partial charge < -0.3 is 11.5 Å². The molecule has 0 saturated carbocycles. The quantitative estimate of drug-likeness (QED) is 0.639. The van der Waals surface area contributed by atoms with Gasteiger partial charge in [0.2, 0.25) is 0 Å². The fourth-order valence-electron chi connectivity index (χ4n) is 0.984. The molecule has 7 heteroatoms. The number of anilines is 2. The average Bonchev–Trinajstić information content (AvgIpc) is 2.58. The Balaban J connectivity index is 2.26. The SMILES string of the molecule is Nc1n[nH]c(N)c1N=Nc1ccccn1. The maximum absolute atomic E-state index is 5.53. The number of azo groups is 1. The van der Waals surface area contributed by atoms with Gasteiger partial charge in [0.25, 0.3) is 0 Å². The molecule has 2 rings (SSSR count). The lowest BCUT2D eigenvalue weighted by Gasteiger charge is -1.90. The molecule has 7 nitrogen and oxygen atoms in total. The van der Waals surface area contributed by atoms with Crippen molar-refractivity contribution in [1.29, 1.82) is 0 Å². The zero-order valence-electron chi connectivity index (χ0n) is 7.75. The number of nitrogen functional groups attached to an aromatic ring is 2. The summed E-state index contributed by atoms with van der Waals surface area (Å²) in [5.74, 6) is 0.983. The van der Waals surface area contributed by atoms with Crippen molar-refractivity contribution in [3.05, 3.63) is 24.4 Å².